The Kier molecular flexibility index (Phi) is 6.34. The third-order valence-electron chi connectivity index (χ3n) is 3.11. The zero-order chi connectivity index (χ0) is 10.3. The second kappa shape index (κ2) is 6.38. The molecule has 0 rings (SSSR count). The standard InChI is InChI=1S/C11H25NSi/c1-6-11-12(7-2)13(8-3,9-4)10-5/h8H,3,6-7,9-11H2,1-2,4-5H3. The third kappa shape index (κ3) is 2.95. The molecule has 0 amide bonds. The van der Waals surface area contributed by atoms with Gasteiger partial charge in [0.1, 0.15) is 0 Å². The van der Waals surface area contributed by atoms with Crippen LogP contribution in [-0.2, 0) is 0 Å². The summed E-state index contributed by atoms with van der Waals surface area (Å²) < 4.78 is 2.68. The molecule has 0 heterocycles. The average molecular weight is 199 g/mol. The first-order chi connectivity index (χ1) is 6.20. The summed E-state index contributed by atoms with van der Waals surface area (Å²) in [6, 6.07) is 2.61. The van der Waals surface area contributed by atoms with Crippen LogP contribution in [0.1, 0.15) is 34.1 Å². The maximum absolute atomic E-state index is 4.05. The van der Waals surface area contributed by atoms with Gasteiger partial charge >= 0.3 is 0 Å². The molecular weight excluding hydrogens is 174 g/mol. The van der Waals surface area contributed by atoms with Gasteiger partial charge in [-0.3, -0.25) is 0 Å². The van der Waals surface area contributed by atoms with Crippen molar-refractivity contribution >= 4 is 8.24 Å². The zero-order valence-electron chi connectivity index (χ0n) is 9.77. The summed E-state index contributed by atoms with van der Waals surface area (Å²) >= 11 is 0. The highest BCUT2D eigenvalue weighted by Crippen LogP contribution is 2.21. The van der Waals surface area contributed by atoms with Crippen LogP contribution in [0.4, 0.5) is 0 Å². The van der Waals surface area contributed by atoms with Crippen LogP contribution in [0.25, 0.3) is 0 Å². The van der Waals surface area contributed by atoms with Gasteiger partial charge < -0.3 is 4.57 Å². The fraction of sp³-hybridized carbons (Fsp3) is 0.818. The average Bonchev–Trinajstić information content (AvgIpc) is 2.19. The Morgan fingerprint density at radius 3 is 1.92 bits per heavy atom. The van der Waals surface area contributed by atoms with Gasteiger partial charge in [-0.25, -0.2) is 0 Å². The van der Waals surface area contributed by atoms with Crippen molar-refractivity contribution in [3.05, 3.63) is 12.3 Å². The Hall–Kier alpha value is -0.0831. The summed E-state index contributed by atoms with van der Waals surface area (Å²) in [4.78, 5) is 0. The lowest BCUT2D eigenvalue weighted by Crippen LogP contribution is -2.51. The first-order valence-corrected chi connectivity index (χ1v) is 8.03. The van der Waals surface area contributed by atoms with E-state index in [-0.39, 0.29) is 0 Å². The van der Waals surface area contributed by atoms with Crippen LogP contribution in [0.15, 0.2) is 12.3 Å². The summed E-state index contributed by atoms with van der Waals surface area (Å²) in [5, 5.41) is 0. The highest BCUT2D eigenvalue weighted by Gasteiger charge is 2.31. The maximum atomic E-state index is 4.05. The van der Waals surface area contributed by atoms with Gasteiger partial charge in [0.15, 0.2) is 8.24 Å². The summed E-state index contributed by atoms with van der Waals surface area (Å²) in [6.07, 6.45) is 1.26. The lowest BCUT2D eigenvalue weighted by molar-refractivity contribution is 0.439. The second-order valence-electron chi connectivity index (χ2n) is 3.59. The van der Waals surface area contributed by atoms with Gasteiger partial charge in [0.2, 0.25) is 0 Å². The van der Waals surface area contributed by atoms with Crippen LogP contribution in [0.2, 0.25) is 12.1 Å². The molecule has 78 valence electrons. The van der Waals surface area contributed by atoms with Gasteiger partial charge in [0.05, 0.1) is 0 Å². The predicted octanol–water partition coefficient (Wildman–Crippen LogP) is 3.43. The van der Waals surface area contributed by atoms with Crippen molar-refractivity contribution in [3.63, 3.8) is 0 Å². The fourth-order valence-electron chi connectivity index (χ4n) is 2.08. The molecular formula is C11H25NSi. The number of nitrogens with zero attached hydrogens (tertiary/aromatic N) is 1. The first-order valence-electron chi connectivity index (χ1n) is 5.59. The van der Waals surface area contributed by atoms with Crippen LogP contribution in [0.3, 0.4) is 0 Å². The predicted molar refractivity (Wildman–Crippen MR) is 64.5 cm³/mol. The molecule has 0 aliphatic rings. The van der Waals surface area contributed by atoms with Crippen LogP contribution in [0, 0.1) is 0 Å². The van der Waals surface area contributed by atoms with Gasteiger partial charge in [0, 0.05) is 0 Å². The minimum Gasteiger partial charge on any atom is -0.321 e. The maximum Gasteiger partial charge on any atom is 0.151 e. The highest BCUT2D eigenvalue weighted by atomic mass is 28.3. The van der Waals surface area contributed by atoms with Gasteiger partial charge in [0.25, 0.3) is 0 Å². The molecule has 0 saturated heterocycles. The lowest BCUT2D eigenvalue weighted by Gasteiger charge is -2.38. The van der Waals surface area contributed by atoms with Gasteiger partial charge in [-0.05, 0) is 31.6 Å². The minimum atomic E-state index is -1.27. The van der Waals surface area contributed by atoms with Crippen molar-refractivity contribution in [3.8, 4) is 0 Å². The summed E-state index contributed by atoms with van der Waals surface area (Å²) in [7, 11) is -1.27. The smallest absolute Gasteiger partial charge is 0.151 e. The normalized spacial score (nSPS) is 12.1. The van der Waals surface area contributed by atoms with Crippen molar-refractivity contribution in [2.75, 3.05) is 13.1 Å². The Balaban J connectivity index is 4.54. The third-order valence-corrected chi connectivity index (χ3v) is 8.12. The van der Waals surface area contributed by atoms with E-state index in [1.165, 1.54) is 31.6 Å². The van der Waals surface area contributed by atoms with Crippen LogP contribution >= 0.6 is 0 Å². The van der Waals surface area contributed by atoms with E-state index in [9.17, 15) is 0 Å². The van der Waals surface area contributed by atoms with Crippen LogP contribution < -0.4 is 0 Å². The molecule has 0 saturated carbocycles. The molecule has 0 bridgehead atoms. The Bertz CT molecular complexity index is 141. The molecule has 1 nitrogen and oxygen atoms in total. The molecule has 0 spiro atoms. The minimum absolute atomic E-state index is 1.19. The van der Waals surface area contributed by atoms with E-state index in [0.29, 0.717) is 0 Å². The van der Waals surface area contributed by atoms with Gasteiger partial charge in [-0.2, -0.15) is 0 Å². The monoisotopic (exact) mass is 199 g/mol. The summed E-state index contributed by atoms with van der Waals surface area (Å²) in [6.45, 7) is 15.6. The Labute approximate surface area is 84.9 Å². The van der Waals surface area contributed by atoms with Crippen molar-refractivity contribution in [2.24, 2.45) is 0 Å². The first kappa shape index (κ1) is 12.9. The molecule has 0 aromatic carbocycles. The molecule has 0 unspecified atom stereocenters. The molecule has 0 aliphatic heterocycles. The van der Waals surface area contributed by atoms with E-state index in [2.05, 4.69) is 44.5 Å². The van der Waals surface area contributed by atoms with E-state index >= 15 is 0 Å². The molecule has 2 heteroatoms. The Morgan fingerprint density at radius 2 is 1.69 bits per heavy atom. The van der Waals surface area contributed by atoms with E-state index in [1.54, 1.807) is 0 Å². The summed E-state index contributed by atoms with van der Waals surface area (Å²) in [5.74, 6) is 0. The number of hydrogen-bond donors (Lipinski definition) is 0. The quantitative estimate of drug-likeness (QED) is 0.568. The van der Waals surface area contributed by atoms with E-state index in [4.69, 9.17) is 0 Å². The Morgan fingerprint density at radius 1 is 1.15 bits per heavy atom. The van der Waals surface area contributed by atoms with Gasteiger partial charge in [-0.1, -0.05) is 33.4 Å². The largest absolute Gasteiger partial charge is 0.321 e. The molecule has 0 N–H and O–H groups in total. The van der Waals surface area contributed by atoms with Crippen molar-refractivity contribution < 1.29 is 0 Å². The molecule has 0 aliphatic carbocycles. The highest BCUT2D eigenvalue weighted by molar-refractivity contribution is 6.81. The van der Waals surface area contributed by atoms with Crippen molar-refractivity contribution in [1.82, 2.24) is 4.57 Å². The molecule has 0 radical (unpaired) electrons. The molecule has 0 fully saturated rings. The van der Waals surface area contributed by atoms with Gasteiger partial charge in [-0.15, -0.1) is 6.58 Å². The van der Waals surface area contributed by atoms with Crippen molar-refractivity contribution in [2.45, 2.75) is 46.2 Å². The lowest BCUT2D eigenvalue weighted by atomic mass is 10.5. The molecule has 0 atom stereocenters. The van der Waals surface area contributed by atoms with Crippen molar-refractivity contribution in [1.29, 1.82) is 0 Å². The SMILES string of the molecule is C=C[Si](CC)(CC)N(CC)CCC. The van der Waals surface area contributed by atoms with E-state index in [1.807, 2.05) is 0 Å². The fourth-order valence-corrected chi connectivity index (χ4v) is 5.61. The zero-order valence-corrected chi connectivity index (χ0v) is 10.8. The van der Waals surface area contributed by atoms with E-state index < -0.39 is 8.24 Å². The molecule has 0 aromatic rings. The number of rotatable bonds is 7. The number of hydrogen-bond acceptors (Lipinski definition) is 1. The van der Waals surface area contributed by atoms with Crippen LogP contribution in [0.5, 0.6) is 0 Å². The second-order valence-corrected chi connectivity index (χ2v) is 8.26. The molecule has 0 aromatic heterocycles. The molecule has 13 heavy (non-hydrogen) atoms. The van der Waals surface area contributed by atoms with E-state index in [0.717, 1.165) is 0 Å². The summed E-state index contributed by atoms with van der Waals surface area (Å²) in [5.41, 5.74) is 2.27. The van der Waals surface area contributed by atoms with Crippen LogP contribution in [-0.4, -0.2) is 25.9 Å². The topological polar surface area (TPSA) is 3.24 Å².